The molecule has 2 atom stereocenters. The molecule has 0 saturated heterocycles. The van der Waals surface area contributed by atoms with Crippen molar-refractivity contribution in [2.24, 2.45) is 0 Å². The average molecular weight is 354 g/mol. The van der Waals surface area contributed by atoms with Gasteiger partial charge in [-0.1, -0.05) is 13.0 Å². The number of thioether (sulfide) groups is 1. The summed E-state index contributed by atoms with van der Waals surface area (Å²) in [5, 5.41) is 5.36. The van der Waals surface area contributed by atoms with Crippen LogP contribution < -0.4 is 10.6 Å². The Morgan fingerprint density at radius 2 is 1.88 bits per heavy atom. The maximum Gasteiger partial charge on any atom is 0.242 e. The van der Waals surface area contributed by atoms with Gasteiger partial charge >= 0.3 is 0 Å². The van der Waals surface area contributed by atoms with Crippen molar-refractivity contribution < 1.29 is 18.8 Å². The minimum absolute atomic E-state index is 0.0166. The summed E-state index contributed by atoms with van der Waals surface area (Å²) < 4.78 is 13.9. The Morgan fingerprint density at radius 3 is 2.42 bits per heavy atom. The highest BCUT2D eigenvalue weighted by atomic mass is 32.2. The van der Waals surface area contributed by atoms with Gasteiger partial charge in [-0.3, -0.25) is 14.4 Å². The van der Waals surface area contributed by atoms with Gasteiger partial charge in [0.05, 0.1) is 5.75 Å². The van der Waals surface area contributed by atoms with Crippen LogP contribution in [0.5, 0.6) is 0 Å². The van der Waals surface area contributed by atoms with Gasteiger partial charge in [0.25, 0.3) is 0 Å². The molecule has 0 fully saturated rings. The molecule has 132 valence electrons. The van der Waals surface area contributed by atoms with Crippen LogP contribution in [0, 0.1) is 5.82 Å². The summed E-state index contributed by atoms with van der Waals surface area (Å²) in [5.41, 5.74) is 0.289. The number of rotatable bonds is 8. The Hall–Kier alpha value is -1.89. The van der Waals surface area contributed by atoms with E-state index in [1.54, 1.807) is 6.92 Å². The zero-order valence-corrected chi connectivity index (χ0v) is 15.1. The highest BCUT2D eigenvalue weighted by molar-refractivity contribution is 8.00. The number of Topliss-reactive ketones (excluding diaryl/α,β-unsaturated/α-hetero) is 1. The number of halogens is 1. The van der Waals surface area contributed by atoms with E-state index in [-0.39, 0.29) is 39.9 Å². The quantitative estimate of drug-likeness (QED) is 0.556. The van der Waals surface area contributed by atoms with Gasteiger partial charge in [0.2, 0.25) is 11.8 Å². The number of amides is 2. The number of hydrogen-bond acceptors (Lipinski definition) is 4. The molecule has 0 aliphatic carbocycles. The number of benzene rings is 1. The second-order valence-corrected chi connectivity index (χ2v) is 6.61. The maximum atomic E-state index is 13.9. The molecule has 7 heteroatoms. The van der Waals surface area contributed by atoms with Crippen LogP contribution in [0.25, 0.3) is 0 Å². The van der Waals surface area contributed by atoms with E-state index >= 15 is 0 Å². The number of carbonyl (C=O) groups is 3. The third-order valence-electron chi connectivity index (χ3n) is 3.47. The van der Waals surface area contributed by atoms with Gasteiger partial charge in [-0.15, -0.1) is 11.8 Å². The van der Waals surface area contributed by atoms with E-state index in [0.717, 1.165) is 24.2 Å². The van der Waals surface area contributed by atoms with Gasteiger partial charge in [-0.2, -0.15) is 0 Å². The molecule has 0 radical (unpaired) electrons. The molecular formula is C17H23FN2O3S. The third kappa shape index (κ3) is 6.31. The predicted molar refractivity (Wildman–Crippen MR) is 92.6 cm³/mol. The van der Waals surface area contributed by atoms with Gasteiger partial charge in [0.1, 0.15) is 11.9 Å². The molecule has 0 aromatic heterocycles. The first-order valence-corrected chi connectivity index (χ1v) is 8.76. The molecule has 1 aromatic rings. The molecule has 0 aliphatic heterocycles. The van der Waals surface area contributed by atoms with Crippen LogP contribution in [0.15, 0.2) is 23.1 Å². The summed E-state index contributed by atoms with van der Waals surface area (Å²) in [6.45, 7) is 6.80. The molecule has 0 heterocycles. The molecule has 2 amide bonds. The molecule has 0 aliphatic rings. The highest BCUT2D eigenvalue weighted by Gasteiger charge is 2.17. The molecule has 5 nitrogen and oxygen atoms in total. The zero-order valence-electron chi connectivity index (χ0n) is 14.3. The van der Waals surface area contributed by atoms with E-state index in [0.29, 0.717) is 0 Å². The lowest BCUT2D eigenvalue weighted by Crippen LogP contribution is -2.47. The molecule has 0 spiro atoms. The van der Waals surface area contributed by atoms with E-state index in [1.165, 1.54) is 19.1 Å². The Bertz CT molecular complexity index is 622. The van der Waals surface area contributed by atoms with Crippen LogP contribution in [0.3, 0.4) is 0 Å². The summed E-state index contributed by atoms with van der Waals surface area (Å²) >= 11 is 1.02. The summed E-state index contributed by atoms with van der Waals surface area (Å²) in [5.74, 6) is -1.38. The van der Waals surface area contributed by atoms with Gasteiger partial charge in [-0.05, 0) is 39.3 Å². The molecular weight excluding hydrogens is 331 g/mol. The average Bonchev–Trinajstić information content (AvgIpc) is 2.53. The highest BCUT2D eigenvalue weighted by Crippen LogP contribution is 2.22. The van der Waals surface area contributed by atoms with E-state index in [2.05, 4.69) is 10.6 Å². The first-order chi connectivity index (χ1) is 11.2. The maximum absolute atomic E-state index is 13.9. The largest absolute Gasteiger partial charge is 0.352 e. The molecule has 2 N–H and O–H groups in total. The van der Waals surface area contributed by atoms with Crippen molar-refractivity contribution in [2.45, 2.75) is 51.1 Å². The Labute approximate surface area is 145 Å². The summed E-state index contributed by atoms with van der Waals surface area (Å²) in [4.78, 5) is 35.2. The molecule has 1 rings (SSSR count). The van der Waals surface area contributed by atoms with Crippen LogP contribution >= 0.6 is 11.8 Å². The first-order valence-electron chi connectivity index (χ1n) is 7.77. The van der Waals surface area contributed by atoms with Crippen molar-refractivity contribution in [3.8, 4) is 0 Å². The fourth-order valence-corrected chi connectivity index (χ4v) is 2.53. The van der Waals surface area contributed by atoms with E-state index < -0.39 is 11.9 Å². The van der Waals surface area contributed by atoms with Crippen molar-refractivity contribution in [2.75, 3.05) is 5.75 Å². The van der Waals surface area contributed by atoms with E-state index in [1.807, 2.05) is 13.8 Å². The predicted octanol–water partition coefficient (Wildman–Crippen LogP) is 2.54. The second kappa shape index (κ2) is 9.42. The van der Waals surface area contributed by atoms with Gasteiger partial charge in [-0.25, -0.2) is 4.39 Å². The van der Waals surface area contributed by atoms with Crippen LogP contribution in [0.2, 0.25) is 0 Å². The smallest absolute Gasteiger partial charge is 0.242 e. The van der Waals surface area contributed by atoms with Gasteiger partial charge < -0.3 is 10.6 Å². The van der Waals surface area contributed by atoms with Crippen molar-refractivity contribution in [3.63, 3.8) is 0 Å². The topological polar surface area (TPSA) is 75.3 Å². The summed E-state index contributed by atoms with van der Waals surface area (Å²) in [6.07, 6.45) is 0.803. The number of nitrogens with one attached hydrogen (secondary N) is 2. The minimum Gasteiger partial charge on any atom is -0.352 e. The number of carbonyl (C=O) groups excluding carboxylic acids is 3. The second-order valence-electron chi connectivity index (χ2n) is 5.60. The normalized spacial score (nSPS) is 13.0. The van der Waals surface area contributed by atoms with Crippen LogP contribution in [-0.4, -0.2) is 35.4 Å². The lowest BCUT2D eigenvalue weighted by Gasteiger charge is -2.17. The van der Waals surface area contributed by atoms with Gasteiger partial charge in [0, 0.05) is 16.5 Å². The lowest BCUT2D eigenvalue weighted by molar-refractivity contribution is -0.127. The summed E-state index contributed by atoms with van der Waals surface area (Å²) in [6, 6.07) is 3.54. The minimum atomic E-state index is -0.656. The first kappa shape index (κ1) is 20.2. The van der Waals surface area contributed by atoms with Crippen LogP contribution in [0.4, 0.5) is 4.39 Å². The Kier molecular flexibility index (Phi) is 7.91. The summed E-state index contributed by atoms with van der Waals surface area (Å²) in [7, 11) is 0. The van der Waals surface area contributed by atoms with Crippen LogP contribution in [0.1, 0.15) is 44.5 Å². The zero-order chi connectivity index (χ0) is 18.3. The van der Waals surface area contributed by atoms with Crippen molar-refractivity contribution in [1.29, 1.82) is 0 Å². The lowest BCUT2D eigenvalue weighted by atomic mass is 10.1. The molecule has 0 unspecified atom stereocenters. The molecule has 24 heavy (non-hydrogen) atoms. The Morgan fingerprint density at radius 1 is 1.21 bits per heavy atom. The fraction of sp³-hybridized carbons (Fsp3) is 0.471. The van der Waals surface area contributed by atoms with E-state index in [9.17, 15) is 18.8 Å². The van der Waals surface area contributed by atoms with Gasteiger partial charge in [0.15, 0.2) is 5.78 Å². The van der Waals surface area contributed by atoms with Crippen molar-refractivity contribution in [1.82, 2.24) is 10.6 Å². The SMILES string of the molecule is CC[C@H](C)NC(=O)[C@H](C)NC(=O)CSc1ccc(C(C)=O)cc1F. The van der Waals surface area contributed by atoms with Crippen molar-refractivity contribution in [3.05, 3.63) is 29.6 Å². The Balaban J connectivity index is 2.51. The van der Waals surface area contributed by atoms with Crippen LogP contribution in [-0.2, 0) is 9.59 Å². The van der Waals surface area contributed by atoms with Crippen molar-refractivity contribution >= 4 is 29.4 Å². The molecule has 0 saturated carbocycles. The third-order valence-corrected chi connectivity index (χ3v) is 4.52. The standard InChI is InChI=1S/C17H23FN2O3S/c1-5-10(2)19-17(23)11(3)20-16(22)9-24-15-7-6-13(12(4)21)8-14(15)18/h6-8,10-11H,5,9H2,1-4H3,(H,19,23)(H,20,22)/t10-,11-/m0/s1. The number of hydrogen-bond donors (Lipinski definition) is 2. The molecule has 0 bridgehead atoms. The fourth-order valence-electron chi connectivity index (χ4n) is 1.80. The van der Waals surface area contributed by atoms with E-state index in [4.69, 9.17) is 0 Å². The number of ketones is 1. The monoisotopic (exact) mass is 354 g/mol. The molecule has 1 aromatic carbocycles.